The van der Waals surface area contributed by atoms with Gasteiger partial charge in [0.1, 0.15) is 5.82 Å². The van der Waals surface area contributed by atoms with Crippen molar-refractivity contribution < 1.29 is 0 Å². The number of pyridine rings is 1. The number of rotatable bonds is 4. The predicted octanol–water partition coefficient (Wildman–Crippen LogP) is 3.41. The molecule has 2 rings (SSSR count). The molecule has 17 heavy (non-hydrogen) atoms. The van der Waals surface area contributed by atoms with Crippen LogP contribution in [0.3, 0.4) is 0 Å². The maximum absolute atomic E-state index is 5.81. The quantitative estimate of drug-likeness (QED) is 0.822. The van der Waals surface area contributed by atoms with E-state index in [2.05, 4.69) is 34.1 Å². The number of nitrogens with zero attached hydrogens (tertiary/aromatic N) is 2. The highest BCUT2D eigenvalue weighted by Gasteiger charge is 2.02. The molecule has 0 N–H and O–H groups in total. The summed E-state index contributed by atoms with van der Waals surface area (Å²) >= 11 is 5.81. The molecule has 0 amide bonds. The number of likely N-dealkylation sites (N-methyl/N-ethyl adjacent to an activating group) is 1. The Balaban J connectivity index is 1.93. The van der Waals surface area contributed by atoms with Gasteiger partial charge in [0, 0.05) is 19.8 Å². The van der Waals surface area contributed by atoms with Crippen molar-refractivity contribution in [2.45, 2.75) is 6.42 Å². The number of hydrogen-bond donors (Lipinski definition) is 0. The summed E-state index contributed by atoms with van der Waals surface area (Å²) < 4.78 is 0. The van der Waals surface area contributed by atoms with Crippen LogP contribution in [0.25, 0.3) is 0 Å². The summed E-state index contributed by atoms with van der Waals surface area (Å²) in [5.74, 6) is 0.949. The van der Waals surface area contributed by atoms with E-state index < -0.39 is 0 Å². The molecule has 0 aliphatic carbocycles. The minimum Gasteiger partial charge on any atom is -0.359 e. The van der Waals surface area contributed by atoms with Gasteiger partial charge < -0.3 is 4.90 Å². The van der Waals surface area contributed by atoms with Gasteiger partial charge in [-0.15, -0.1) is 0 Å². The number of aromatic nitrogens is 1. The van der Waals surface area contributed by atoms with Crippen molar-refractivity contribution in [1.29, 1.82) is 0 Å². The fourth-order valence-electron chi connectivity index (χ4n) is 1.65. The summed E-state index contributed by atoms with van der Waals surface area (Å²) in [4.78, 5) is 6.41. The van der Waals surface area contributed by atoms with Crippen LogP contribution in [-0.2, 0) is 6.42 Å². The van der Waals surface area contributed by atoms with E-state index in [-0.39, 0.29) is 0 Å². The van der Waals surface area contributed by atoms with Crippen molar-refractivity contribution in [3.05, 3.63) is 59.2 Å². The van der Waals surface area contributed by atoms with Gasteiger partial charge in [-0.05, 0) is 24.1 Å². The molecule has 1 heterocycles. The summed E-state index contributed by atoms with van der Waals surface area (Å²) in [5.41, 5.74) is 1.34. The molecule has 0 aliphatic rings. The second-order valence-electron chi connectivity index (χ2n) is 3.99. The Labute approximate surface area is 107 Å². The molecule has 0 fully saturated rings. The summed E-state index contributed by atoms with van der Waals surface area (Å²) in [6.45, 7) is 0.943. The minimum atomic E-state index is 0.671. The van der Waals surface area contributed by atoms with E-state index in [1.54, 1.807) is 6.20 Å². The molecule has 0 spiro atoms. The van der Waals surface area contributed by atoms with Gasteiger partial charge in [-0.25, -0.2) is 4.98 Å². The normalized spacial score (nSPS) is 10.2. The molecule has 2 aromatic rings. The van der Waals surface area contributed by atoms with Gasteiger partial charge in [-0.2, -0.15) is 0 Å². The van der Waals surface area contributed by atoms with E-state index in [0.717, 1.165) is 18.8 Å². The van der Waals surface area contributed by atoms with Crippen LogP contribution in [0, 0.1) is 0 Å². The van der Waals surface area contributed by atoms with Crippen LogP contribution in [-0.4, -0.2) is 18.6 Å². The Hall–Kier alpha value is -1.54. The molecular weight excluding hydrogens is 232 g/mol. The van der Waals surface area contributed by atoms with Crippen molar-refractivity contribution in [1.82, 2.24) is 4.98 Å². The molecule has 0 unspecified atom stereocenters. The average molecular weight is 247 g/mol. The van der Waals surface area contributed by atoms with Crippen LogP contribution in [0.15, 0.2) is 48.7 Å². The SMILES string of the molecule is CN(CCc1ccccc1)c1ccc(Cl)cn1. The van der Waals surface area contributed by atoms with Crippen molar-refractivity contribution in [2.24, 2.45) is 0 Å². The Morgan fingerprint density at radius 2 is 1.88 bits per heavy atom. The molecule has 0 bridgehead atoms. The van der Waals surface area contributed by atoms with E-state index in [0.29, 0.717) is 5.02 Å². The van der Waals surface area contributed by atoms with Gasteiger partial charge in [-0.1, -0.05) is 41.9 Å². The van der Waals surface area contributed by atoms with E-state index in [4.69, 9.17) is 11.6 Å². The number of anilines is 1. The van der Waals surface area contributed by atoms with Gasteiger partial charge >= 0.3 is 0 Å². The third kappa shape index (κ3) is 3.46. The zero-order chi connectivity index (χ0) is 12.1. The number of benzene rings is 1. The van der Waals surface area contributed by atoms with Crippen molar-refractivity contribution in [3.63, 3.8) is 0 Å². The number of halogens is 1. The van der Waals surface area contributed by atoms with Crippen molar-refractivity contribution >= 4 is 17.4 Å². The molecule has 2 nitrogen and oxygen atoms in total. The van der Waals surface area contributed by atoms with Crippen LogP contribution >= 0.6 is 11.6 Å². The first-order chi connectivity index (χ1) is 8.25. The van der Waals surface area contributed by atoms with Crippen LogP contribution in [0.5, 0.6) is 0 Å². The molecule has 0 radical (unpaired) electrons. The molecular formula is C14H15ClN2. The first-order valence-corrected chi connectivity index (χ1v) is 6.00. The second kappa shape index (κ2) is 5.69. The maximum atomic E-state index is 5.81. The summed E-state index contributed by atoms with van der Waals surface area (Å²) in [7, 11) is 2.04. The summed E-state index contributed by atoms with van der Waals surface area (Å²) in [5, 5.41) is 0.671. The van der Waals surface area contributed by atoms with E-state index >= 15 is 0 Å². The molecule has 1 aromatic carbocycles. The fourth-order valence-corrected chi connectivity index (χ4v) is 1.76. The average Bonchev–Trinajstić information content (AvgIpc) is 2.38. The zero-order valence-corrected chi connectivity index (χ0v) is 10.6. The highest BCUT2D eigenvalue weighted by atomic mass is 35.5. The molecule has 0 saturated carbocycles. The smallest absolute Gasteiger partial charge is 0.128 e. The molecule has 0 atom stereocenters. The van der Waals surface area contributed by atoms with Crippen LogP contribution in [0.2, 0.25) is 5.02 Å². The van der Waals surface area contributed by atoms with Gasteiger partial charge in [0.05, 0.1) is 5.02 Å². The lowest BCUT2D eigenvalue weighted by Gasteiger charge is -2.17. The Morgan fingerprint density at radius 1 is 1.12 bits per heavy atom. The lowest BCUT2D eigenvalue weighted by Crippen LogP contribution is -2.21. The third-order valence-electron chi connectivity index (χ3n) is 2.68. The van der Waals surface area contributed by atoms with Crippen LogP contribution in [0.1, 0.15) is 5.56 Å². The van der Waals surface area contributed by atoms with Gasteiger partial charge in [0.2, 0.25) is 0 Å². The van der Waals surface area contributed by atoms with Crippen LogP contribution in [0.4, 0.5) is 5.82 Å². The van der Waals surface area contributed by atoms with Crippen LogP contribution < -0.4 is 4.90 Å². The predicted molar refractivity (Wildman–Crippen MR) is 72.7 cm³/mol. The Kier molecular flexibility index (Phi) is 3.99. The first-order valence-electron chi connectivity index (χ1n) is 5.62. The Morgan fingerprint density at radius 3 is 2.53 bits per heavy atom. The molecule has 88 valence electrons. The number of hydrogen-bond acceptors (Lipinski definition) is 2. The van der Waals surface area contributed by atoms with Crippen molar-refractivity contribution in [3.8, 4) is 0 Å². The molecule has 0 aliphatic heterocycles. The third-order valence-corrected chi connectivity index (χ3v) is 2.91. The van der Waals surface area contributed by atoms with E-state index in [1.165, 1.54) is 5.56 Å². The summed E-state index contributed by atoms with van der Waals surface area (Å²) in [6.07, 6.45) is 2.69. The molecule has 3 heteroatoms. The van der Waals surface area contributed by atoms with Gasteiger partial charge in [-0.3, -0.25) is 0 Å². The fraction of sp³-hybridized carbons (Fsp3) is 0.214. The lowest BCUT2D eigenvalue weighted by molar-refractivity contribution is 0.860. The molecule has 1 aromatic heterocycles. The van der Waals surface area contributed by atoms with E-state index in [1.807, 2.05) is 25.2 Å². The standard InChI is InChI=1S/C14H15ClN2/c1-17(14-8-7-13(15)11-16-14)10-9-12-5-3-2-4-6-12/h2-8,11H,9-10H2,1H3. The van der Waals surface area contributed by atoms with E-state index in [9.17, 15) is 0 Å². The largest absolute Gasteiger partial charge is 0.359 e. The summed E-state index contributed by atoms with van der Waals surface area (Å²) in [6, 6.07) is 14.3. The highest BCUT2D eigenvalue weighted by molar-refractivity contribution is 6.30. The molecule has 0 saturated heterocycles. The maximum Gasteiger partial charge on any atom is 0.128 e. The second-order valence-corrected chi connectivity index (χ2v) is 4.43. The first kappa shape index (κ1) is 11.9. The highest BCUT2D eigenvalue weighted by Crippen LogP contribution is 2.13. The Bertz CT molecular complexity index is 453. The van der Waals surface area contributed by atoms with Gasteiger partial charge in [0.25, 0.3) is 0 Å². The van der Waals surface area contributed by atoms with Gasteiger partial charge in [0.15, 0.2) is 0 Å². The lowest BCUT2D eigenvalue weighted by atomic mass is 10.1. The van der Waals surface area contributed by atoms with Crippen molar-refractivity contribution in [2.75, 3.05) is 18.5 Å². The zero-order valence-electron chi connectivity index (χ0n) is 9.81. The topological polar surface area (TPSA) is 16.1 Å². The monoisotopic (exact) mass is 246 g/mol. The minimum absolute atomic E-state index is 0.671.